The summed E-state index contributed by atoms with van der Waals surface area (Å²) in [6.07, 6.45) is 1.21. The first-order valence-corrected chi connectivity index (χ1v) is 10.8. The Labute approximate surface area is 170 Å². The molecule has 2 saturated heterocycles. The number of nitrogens with zero attached hydrogens (tertiary/aromatic N) is 2. The van der Waals surface area contributed by atoms with Crippen LogP contribution < -0.4 is 10.9 Å². The molecular formula is C19H20N4O3S2. The summed E-state index contributed by atoms with van der Waals surface area (Å²) in [5.41, 5.74) is 6.50. The number of rotatable bonds is 3. The van der Waals surface area contributed by atoms with Crippen molar-refractivity contribution < 1.29 is 14.4 Å². The molecule has 4 rings (SSSR count). The van der Waals surface area contributed by atoms with Crippen molar-refractivity contribution in [2.75, 3.05) is 5.75 Å². The second-order valence-corrected chi connectivity index (χ2v) is 9.51. The summed E-state index contributed by atoms with van der Waals surface area (Å²) >= 11 is 2.89. The van der Waals surface area contributed by atoms with E-state index < -0.39 is 11.9 Å². The molecular weight excluding hydrogens is 396 g/mol. The average molecular weight is 417 g/mol. The van der Waals surface area contributed by atoms with Gasteiger partial charge >= 0.3 is 0 Å². The van der Waals surface area contributed by atoms with Crippen LogP contribution in [0.15, 0.2) is 30.3 Å². The topological polar surface area (TPSA) is 91.4 Å². The van der Waals surface area contributed by atoms with E-state index in [9.17, 15) is 14.4 Å². The second-order valence-electron chi connectivity index (χ2n) is 7.01. The van der Waals surface area contributed by atoms with Gasteiger partial charge in [0.2, 0.25) is 5.91 Å². The van der Waals surface area contributed by atoms with Gasteiger partial charge in [0, 0.05) is 17.7 Å². The van der Waals surface area contributed by atoms with Crippen LogP contribution in [0.3, 0.4) is 0 Å². The van der Waals surface area contributed by atoms with E-state index >= 15 is 0 Å². The molecule has 28 heavy (non-hydrogen) atoms. The Morgan fingerprint density at radius 3 is 2.75 bits per heavy atom. The third kappa shape index (κ3) is 3.29. The maximum Gasteiger partial charge on any atom is 0.281 e. The molecule has 2 atom stereocenters. The quantitative estimate of drug-likeness (QED) is 0.750. The SMILES string of the molecule is Cc1nc(-c2ccccc2)sc1C(=O)NNC(=O)[C@@H]1CS[C@@]2(C)CCC(=O)N12. The van der Waals surface area contributed by atoms with E-state index in [0.717, 1.165) is 17.0 Å². The molecule has 3 heterocycles. The van der Waals surface area contributed by atoms with Crippen LogP contribution in [0.1, 0.15) is 35.1 Å². The van der Waals surface area contributed by atoms with Crippen molar-refractivity contribution in [3.8, 4) is 10.6 Å². The molecule has 1 aromatic carbocycles. The highest BCUT2D eigenvalue weighted by Gasteiger charge is 2.52. The van der Waals surface area contributed by atoms with Crippen LogP contribution in [0.5, 0.6) is 0 Å². The van der Waals surface area contributed by atoms with Gasteiger partial charge in [-0.15, -0.1) is 23.1 Å². The lowest BCUT2D eigenvalue weighted by atomic mass is 10.2. The number of hydrazine groups is 1. The minimum Gasteiger partial charge on any atom is -0.315 e. The highest BCUT2D eigenvalue weighted by atomic mass is 32.2. The normalized spacial score (nSPS) is 23.6. The molecule has 2 aliphatic rings. The Hall–Kier alpha value is -2.39. The summed E-state index contributed by atoms with van der Waals surface area (Å²) in [6.45, 7) is 3.75. The Balaban J connectivity index is 1.42. The zero-order chi connectivity index (χ0) is 19.9. The van der Waals surface area contributed by atoms with Gasteiger partial charge in [0.1, 0.15) is 15.9 Å². The van der Waals surface area contributed by atoms with Gasteiger partial charge in [-0.2, -0.15) is 0 Å². The Morgan fingerprint density at radius 2 is 2.00 bits per heavy atom. The molecule has 0 saturated carbocycles. The van der Waals surface area contributed by atoms with Gasteiger partial charge in [0.15, 0.2) is 0 Å². The third-order valence-electron chi connectivity index (χ3n) is 5.07. The minimum absolute atomic E-state index is 0.00946. The van der Waals surface area contributed by atoms with Crippen molar-refractivity contribution in [3.63, 3.8) is 0 Å². The molecule has 3 amide bonds. The van der Waals surface area contributed by atoms with Crippen molar-refractivity contribution in [2.45, 2.75) is 37.6 Å². The fourth-order valence-electron chi connectivity index (χ4n) is 3.58. The van der Waals surface area contributed by atoms with E-state index in [1.54, 1.807) is 23.6 Å². The van der Waals surface area contributed by atoms with Crippen molar-refractivity contribution >= 4 is 40.8 Å². The van der Waals surface area contributed by atoms with E-state index in [1.807, 2.05) is 37.3 Å². The summed E-state index contributed by atoms with van der Waals surface area (Å²) in [4.78, 5) is 43.5. The summed E-state index contributed by atoms with van der Waals surface area (Å²) in [7, 11) is 0. The van der Waals surface area contributed by atoms with Gasteiger partial charge in [0.25, 0.3) is 11.8 Å². The fourth-order valence-corrected chi connectivity index (χ4v) is 5.98. The minimum atomic E-state index is -0.562. The zero-order valence-corrected chi connectivity index (χ0v) is 17.2. The first-order valence-electron chi connectivity index (χ1n) is 8.98. The van der Waals surface area contributed by atoms with E-state index in [2.05, 4.69) is 15.8 Å². The smallest absolute Gasteiger partial charge is 0.281 e. The molecule has 9 heteroatoms. The molecule has 7 nitrogen and oxygen atoms in total. The molecule has 2 N–H and O–H groups in total. The van der Waals surface area contributed by atoms with Crippen LogP contribution in [-0.4, -0.2) is 44.3 Å². The van der Waals surface area contributed by atoms with Gasteiger partial charge < -0.3 is 4.90 Å². The number of thiazole rings is 1. The van der Waals surface area contributed by atoms with E-state index in [0.29, 0.717) is 22.7 Å². The molecule has 0 aliphatic carbocycles. The molecule has 2 aromatic rings. The first-order chi connectivity index (χ1) is 13.4. The number of amides is 3. The fraction of sp³-hybridized carbons (Fsp3) is 0.368. The Bertz CT molecular complexity index is 946. The maximum atomic E-state index is 12.6. The van der Waals surface area contributed by atoms with Crippen LogP contribution >= 0.6 is 23.1 Å². The lowest BCUT2D eigenvalue weighted by Gasteiger charge is -2.29. The second kappa shape index (κ2) is 7.21. The average Bonchev–Trinajstić information content (AvgIpc) is 3.33. The number of carbonyl (C=O) groups is 3. The highest BCUT2D eigenvalue weighted by Crippen LogP contribution is 2.47. The molecule has 0 bridgehead atoms. The van der Waals surface area contributed by atoms with Gasteiger partial charge in [-0.3, -0.25) is 25.2 Å². The summed E-state index contributed by atoms with van der Waals surface area (Å²) in [6, 6.07) is 9.06. The van der Waals surface area contributed by atoms with Gasteiger partial charge in [-0.1, -0.05) is 30.3 Å². The predicted molar refractivity (Wildman–Crippen MR) is 109 cm³/mol. The van der Waals surface area contributed by atoms with Gasteiger partial charge in [-0.25, -0.2) is 4.98 Å². The van der Waals surface area contributed by atoms with Crippen molar-refractivity contribution in [1.82, 2.24) is 20.7 Å². The number of nitrogens with one attached hydrogen (secondary N) is 2. The van der Waals surface area contributed by atoms with Crippen LogP contribution in [0, 0.1) is 6.92 Å². The third-order valence-corrected chi connectivity index (χ3v) is 7.78. The number of fused-ring (bicyclic) bond motifs is 1. The van der Waals surface area contributed by atoms with E-state index in [4.69, 9.17) is 0 Å². The monoisotopic (exact) mass is 416 g/mol. The first kappa shape index (κ1) is 18.9. The number of thioether (sulfide) groups is 1. The number of carbonyl (C=O) groups excluding carboxylic acids is 3. The molecule has 2 fully saturated rings. The lowest BCUT2D eigenvalue weighted by molar-refractivity contribution is -0.138. The molecule has 0 unspecified atom stereocenters. The van der Waals surface area contributed by atoms with Crippen LogP contribution in [0.4, 0.5) is 0 Å². The lowest BCUT2D eigenvalue weighted by Crippen LogP contribution is -2.54. The number of aromatic nitrogens is 1. The molecule has 0 spiro atoms. The van der Waals surface area contributed by atoms with Crippen LogP contribution in [0.25, 0.3) is 10.6 Å². The van der Waals surface area contributed by atoms with Gasteiger partial charge in [0.05, 0.1) is 10.6 Å². The van der Waals surface area contributed by atoms with Crippen molar-refractivity contribution in [1.29, 1.82) is 0 Å². The molecule has 0 radical (unpaired) electrons. The maximum absolute atomic E-state index is 12.6. The summed E-state index contributed by atoms with van der Waals surface area (Å²) < 4.78 is 0. The summed E-state index contributed by atoms with van der Waals surface area (Å²) in [5.74, 6) is -0.261. The zero-order valence-electron chi connectivity index (χ0n) is 15.5. The van der Waals surface area contributed by atoms with Crippen LogP contribution in [0.2, 0.25) is 0 Å². The van der Waals surface area contributed by atoms with E-state index in [-0.39, 0.29) is 16.7 Å². The number of hydrogen-bond acceptors (Lipinski definition) is 6. The molecule has 2 aliphatic heterocycles. The van der Waals surface area contributed by atoms with Gasteiger partial charge in [-0.05, 0) is 20.3 Å². The van der Waals surface area contributed by atoms with Crippen LogP contribution in [-0.2, 0) is 9.59 Å². The summed E-state index contributed by atoms with van der Waals surface area (Å²) in [5, 5.41) is 0.750. The Kier molecular flexibility index (Phi) is 4.88. The molecule has 146 valence electrons. The van der Waals surface area contributed by atoms with E-state index in [1.165, 1.54) is 11.3 Å². The highest BCUT2D eigenvalue weighted by molar-refractivity contribution is 8.01. The Morgan fingerprint density at radius 1 is 1.25 bits per heavy atom. The predicted octanol–water partition coefficient (Wildman–Crippen LogP) is 2.33. The largest absolute Gasteiger partial charge is 0.315 e. The van der Waals surface area contributed by atoms with Crippen molar-refractivity contribution in [3.05, 3.63) is 40.9 Å². The van der Waals surface area contributed by atoms with Crippen molar-refractivity contribution in [2.24, 2.45) is 0 Å². The number of aryl methyl sites for hydroxylation is 1. The standard InChI is InChI=1S/C19H20N4O3S2/c1-11-15(28-18(20-11)12-6-4-3-5-7-12)17(26)22-21-16(25)13-10-27-19(2)9-8-14(24)23(13)19/h3-7,13H,8-10H2,1-2H3,(H,21,25)(H,22,26)/t13-,19-/m0/s1. The number of hydrogen-bond donors (Lipinski definition) is 2. The number of benzene rings is 1. The molecule has 1 aromatic heterocycles.